The molecule has 0 saturated heterocycles. The molecule has 0 aliphatic heterocycles. The third-order valence-electron chi connectivity index (χ3n) is 4.13. The number of hydrogen-bond acceptors (Lipinski definition) is 3. The molecule has 0 spiro atoms. The molecule has 0 aromatic heterocycles. The van der Waals surface area contributed by atoms with Gasteiger partial charge >= 0.3 is 0 Å². The molecule has 0 radical (unpaired) electrons. The fraction of sp³-hybridized carbons (Fsp3) is 0.130. The monoisotopic (exact) mass is 374 g/mol. The van der Waals surface area contributed by atoms with Crippen molar-refractivity contribution >= 4 is 23.2 Å². The Morgan fingerprint density at radius 2 is 1.46 bits per heavy atom. The van der Waals surface area contributed by atoms with Gasteiger partial charge in [-0.1, -0.05) is 48.5 Å². The van der Waals surface area contributed by atoms with E-state index in [1.165, 1.54) is 0 Å². The van der Waals surface area contributed by atoms with Gasteiger partial charge in [-0.05, 0) is 43.3 Å². The van der Waals surface area contributed by atoms with Crippen LogP contribution in [0.5, 0.6) is 11.5 Å². The van der Waals surface area contributed by atoms with Gasteiger partial charge < -0.3 is 15.0 Å². The van der Waals surface area contributed by atoms with Gasteiger partial charge in [0.2, 0.25) is 11.8 Å². The topological polar surface area (TPSA) is 58.6 Å². The smallest absolute Gasteiger partial charge is 0.236 e. The summed E-state index contributed by atoms with van der Waals surface area (Å²) in [5.74, 6) is 0.544. The summed E-state index contributed by atoms with van der Waals surface area (Å²) in [6, 6.07) is 25.8. The molecule has 3 rings (SSSR count). The number of amides is 2. The Kier molecular flexibility index (Phi) is 6.41. The van der Waals surface area contributed by atoms with Gasteiger partial charge in [0, 0.05) is 12.2 Å². The number of nitrogens with one attached hydrogen (secondary N) is 1. The van der Waals surface area contributed by atoms with E-state index in [9.17, 15) is 9.59 Å². The van der Waals surface area contributed by atoms with Crippen LogP contribution < -0.4 is 15.0 Å². The van der Waals surface area contributed by atoms with Crippen molar-refractivity contribution in [3.8, 4) is 11.5 Å². The number of anilines is 2. The SMILES string of the molecule is CCN(C(=O)CC(=O)Nc1ccccc1Oc1ccccc1)c1ccccc1. The van der Waals surface area contributed by atoms with Gasteiger partial charge in [0.05, 0.1) is 5.69 Å². The molecular weight excluding hydrogens is 352 g/mol. The summed E-state index contributed by atoms with van der Waals surface area (Å²) in [5, 5.41) is 2.78. The van der Waals surface area contributed by atoms with Crippen LogP contribution in [0.25, 0.3) is 0 Å². The van der Waals surface area contributed by atoms with Gasteiger partial charge in [-0.3, -0.25) is 9.59 Å². The van der Waals surface area contributed by atoms with Crippen LogP contribution in [0, 0.1) is 0 Å². The largest absolute Gasteiger partial charge is 0.455 e. The highest BCUT2D eigenvalue weighted by molar-refractivity contribution is 6.09. The number of carbonyl (C=O) groups excluding carboxylic acids is 2. The van der Waals surface area contributed by atoms with E-state index in [4.69, 9.17) is 4.74 Å². The molecule has 0 aliphatic rings. The Balaban J connectivity index is 1.67. The third kappa shape index (κ3) is 4.98. The minimum Gasteiger partial charge on any atom is -0.455 e. The van der Waals surface area contributed by atoms with E-state index in [1.54, 1.807) is 23.1 Å². The molecule has 0 fully saturated rings. The maximum absolute atomic E-state index is 12.6. The zero-order valence-corrected chi connectivity index (χ0v) is 15.7. The number of hydrogen-bond donors (Lipinski definition) is 1. The molecular formula is C23H22N2O3. The van der Waals surface area contributed by atoms with Crippen molar-refractivity contribution in [2.45, 2.75) is 13.3 Å². The predicted octanol–water partition coefficient (Wildman–Crippen LogP) is 4.86. The van der Waals surface area contributed by atoms with E-state index in [1.807, 2.05) is 73.7 Å². The highest BCUT2D eigenvalue weighted by Gasteiger charge is 2.18. The maximum Gasteiger partial charge on any atom is 0.236 e. The van der Waals surface area contributed by atoms with Crippen LogP contribution in [0.15, 0.2) is 84.9 Å². The molecule has 0 aliphatic carbocycles. The van der Waals surface area contributed by atoms with Crippen molar-refractivity contribution < 1.29 is 14.3 Å². The van der Waals surface area contributed by atoms with Crippen molar-refractivity contribution in [2.24, 2.45) is 0 Å². The quantitative estimate of drug-likeness (QED) is 0.601. The van der Waals surface area contributed by atoms with Crippen molar-refractivity contribution in [2.75, 3.05) is 16.8 Å². The molecule has 3 aromatic rings. The molecule has 1 N–H and O–H groups in total. The number of rotatable bonds is 7. The third-order valence-corrected chi connectivity index (χ3v) is 4.13. The number of nitrogens with zero attached hydrogens (tertiary/aromatic N) is 1. The average Bonchev–Trinajstić information content (AvgIpc) is 2.71. The Hall–Kier alpha value is -3.60. The fourth-order valence-electron chi connectivity index (χ4n) is 2.81. The van der Waals surface area contributed by atoms with Crippen LogP contribution in [0.1, 0.15) is 13.3 Å². The molecule has 0 saturated carbocycles. The standard InChI is InChI=1S/C23H22N2O3/c1-2-25(18-11-5-3-6-12-18)23(27)17-22(26)24-20-15-9-10-16-21(20)28-19-13-7-4-8-14-19/h3-16H,2,17H2,1H3,(H,24,26). The Bertz CT molecular complexity index is 927. The summed E-state index contributed by atoms with van der Waals surface area (Å²) in [7, 11) is 0. The molecule has 0 heterocycles. The first-order valence-electron chi connectivity index (χ1n) is 9.14. The van der Waals surface area contributed by atoms with Crippen LogP contribution in [0.3, 0.4) is 0 Å². The molecule has 0 atom stereocenters. The first-order valence-corrected chi connectivity index (χ1v) is 9.14. The second-order valence-electron chi connectivity index (χ2n) is 6.11. The lowest BCUT2D eigenvalue weighted by Gasteiger charge is -2.21. The Morgan fingerprint density at radius 1 is 0.857 bits per heavy atom. The molecule has 5 nitrogen and oxygen atoms in total. The summed E-state index contributed by atoms with van der Waals surface area (Å²) in [4.78, 5) is 26.6. The molecule has 2 amide bonds. The lowest BCUT2D eigenvalue weighted by atomic mass is 10.2. The molecule has 0 bridgehead atoms. The summed E-state index contributed by atoms with van der Waals surface area (Å²) in [6.45, 7) is 2.37. The van der Waals surface area contributed by atoms with E-state index >= 15 is 0 Å². The Labute approximate surface area is 164 Å². The van der Waals surface area contributed by atoms with Crippen molar-refractivity contribution in [3.63, 3.8) is 0 Å². The first kappa shape index (κ1) is 19.2. The van der Waals surface area contributed by atoms with Gasteiger partial charge in [0.25, 0.3) is 0 Å². The van der Waals surface area contributed by atoms with Crippen molar-refractivity contribution in [1.29, 1.82) is 0 Å². The molecule has 5 heteroatoms. The van der Waals surface area contributed by atoms with Crippen LogP contribution in [-0.2, 0) is 9.59 Å². The van der Waals surface area contributed by atoms with Gasteiger partial charge in [-0.15, -0.1) is 0 Å². The van der Waals surface area contributed by atoms with Gasteiger partial charge in [0.1, 0.15) is 12.2 Å². The van der Waals surface area contributed by atoms with Gasteiger partial charge in [-0.25, -0.2) is 0 Å². The normalized spacial score (nSPS) is 10.2. The van der Waals surface area contributed by atoms with Crippen molar-refractivity contribution in [3.05, 3.63) is 84.9 Å². The van der Waals surface area contributed by atoms with Crippen LogP contribution in [-0.4, -0.2) is 18.4 Å². The average molecular weight is 374 g/mol. The van der Waals surface area contributed by atoms with Crippen LogP contribution >= 0.6 is 0 Å². The molecule has 142 valence electrons. The summed E-state index contributed by atoms with van der Waals surface area (Å²) >= 11 is 0. The Morgan fingerprint density at radius 3 is 2.14 bits per heavy atom. The minimum absolute atomic E-state index is 0.248. The number of para-hydroxylation sites is 4. The summed E-state index contributed by atoms with van der Waals surface area (Å²) < 4.78 is 5.84. The zero-order chi connectivity index (χ0) is 19.8. The highest BCUT2D eigenvalue weighted by atomic mass is 16.5. The lowest BCUT2D eigenvalue weighted by molar-refractivity contribution is -0.125. The number of benzene rings is 3. The summed E-state index contributed by atoms with van der Waals surface area (Å²) in [5.41, 5.74) is 1.29. The van der Waals surface area contributed by atoms with Crippen molar-refractivity contribution in [1.82, 2.24) is 0 Å². The summed E-state index contributed by atoms with van der Waals surface area (Å²) in [6.07, 6.45) is -0.248. The van der Waals surface area contributed by atoms with Gasteiger partial charge in [-0.2, -0.15) is 0 Å². The zero-order valence-electron chi connectivity index (χ0n) is 15.7. The first-order chi connectivity index (χ1) is 13.7. The molecule has 0 unspecified atom stereocenters. The van der Waals surface area contributed by atoms with E-state index < -0.39 is 0 Å². The fourth-order valence-corrected chi connectivity index (χ4v) is 2.81. The lowest BCUT2D eigenvalue weighted by Crippen LogP contribution is -2.33. The predicted molar refractivity (Wildman–Crippen MR) is 111 cm³/mol. The van der Waals surface area contributed by atoms with E-state index in [0.29, 0.717) is 23.7 Å². The van der Waals surface area contributed by atoms with E-state index in [0.717, 1.165) is 5.69 Å². The highest BCUT2D eigenvalue weighted by Crippen LogP contribution is 2.29. The minimum atomic E-state index is -0.386. The number of ether oxygens (including phenoxy) is 1. The second kappa shape index (κ2) is 9.37. The van der Waals surface area contributed by atoms with Crippen LogP contribution in [0.4, 0.5) is 11.4 Å². The molecule has 28 heavy (non-hydrogen) atoms. The number of carbonyl (C=O) groups is 2. The molecule has 3 aromatic carbocycles. The van der Waals surface area contributed by atoms with E-state index in [2.05, 4.69) is 5.32 Å². The van der Waals surface area contributed by atoms with Gasteiger partial charge in [0.15, 0.2) is 5.75 Å². The second-order valence-corrected chi connectivity index (χ2v) is 6.11. The van der Waals surface area contributed by atoms with E-state index in [-0.39, 0.29) is 18.2 Å². The van der Waals surface area contributed by atoms with Crippen LogP contribution in [0.2, 0.25) is 0 Å². The maximum atomic E-state index is 12.6.